The van der Waals surface area contributed by atoms with Gasteiger partial charge in [-0.15, -0.1) is 10.2 Å². The maximum Gasteiger partial charge on any atom is 0.435 e. The molecule has 1 fully saturated rings. The van der Waals surface area contributed by atoms with Crippen LogP contribution in [-0.2, 0) is 15.7 Å². The monoisotopic (exact) mass is 506 g/mol. The molecule has 1 amide bonds. The van der Waals surface area contributed by atoms with Crippen molar-refractivity contribution in [1.82, 2.24) is 15.5 Å². The summed E-state index contributed by atoms with van der Waals surface area (Å²) in [5.74, 6) is -4.11. The number of allylic oxidation sites excluding steroid dienone is 2. The van der Waals surface area contributed by atoms with Gasteiger partial charge in [-0.2, -0.15) is 13.2 Å². The number of nitrogens with one attached hydrogen (secondary N) is 1. The Kier molecular flexibility index (Phi) is 8.28. The van der Waals surface area contributed by atoms with Gasteiger partial charge in [0.05, 0.1) is 5.56 Å². The first-order valence-electron chi connectivity index (χ1n) is 10.3. The molecule has 2 heterocycles. The first-order valence-corrected chi connectivity index (χ1v) is 12.4. The summed E-state index contributed by atoms with van der Waals surface area (Å²) in [4.78, 5) is 14.7. The predicted molar refractivity (Wildman–Crippen MR) is 123 cm³/mol. The Hall–Kier alpha value is -2.76. The van der Waals surface area contributed by atoms with Gasteiger partial charge in [-0.1, -0.05) is 13.2 Å². The van der Waals surface area contributed by atoms with Gasteiger partial charge in [-0.05, 0) is 52.9 Å². The molecule has 6 nitrogen and oxygen atoms in total. The second-order valence-electron chi connectivity index (χ2n) is 7.93. The minimum Gasteiger partial charge on any atom is -0.354 e. The Balaban J connectivity index is 2.56. The van der Waals surface area contributed by atoms with E-state index in [1.807, 2.05) is 0 Å². The summed E-state index contributed by atoms with van der Waals surface area (Å²) in [5, 5.41) is 10.7. The van der Waals surface area contributed by atoms with Crippen LogP contribution in [0.4, 0.5) is 27.8 Å². The van der Waals surface area contributed by atoms with Gasteiger partial charge in [0.1, 0.15) is 0 Å². The van der Waals surface area contributed by atoms with Gasteiger partial charge < -0.3 is 10.2 Å². The number of amides is 1. The molecule has 1 aliphatic rings. The van der Waals surface area contributed by atoms with Gasteiger partial charge in [0.15, 0.2) is 11.5 Å². The normalized spacial score (nSPS) is 18.5. The average molecular weight is 507 g/mol. The molecule has 0 unspecified atom stereocenters. The number of nitrogens with zero attached hydrogens (tertiary/aromatic N) is 3. The fourth-order valence-corrected chi connectivity index (χ4v) is 3.99. The van der Waals surface area contributed by atoms with E-state index >= 15 is 0 Å². The molecule has 1 aliphatic heterocycles. The zero-order chi connectivity index (χ0) is 25.9. The number of hydrogen-bond donors (Lipinski definition) is 1. The standard InChI is InChI=1S/C22H27F5N4O2S/c1-6-16(13-14(3)34(5,33)7-2)28-20(32)17-15(4)18(22(25,26)27)29-30-19(17)31-11-8-9-21(23,24)10-12-31/h6-7,13H,1,3,8-12H2,2,4-5H3,(H,28,32)/b16-13+/t34-/m0/s1. The van der Waals surface area contributed by atoms with Crippen molar-refractivity contribution in [3.63, 3.8) is 0 Å². The number of alkyl halides is 5. The number of carbonyl (C=O) groups excluding carboxylic acids is 1. The van der Waals surface area contributed by atoms with Crippen LogP contribution in [0.3, 0.4) is 0 Å². The summed E-state index contributed by atoms with van der Waals surface area (Å²) in [7, 11) is -2.57. The van der Waals surface area contributed by atoms with Crippen LogP contribution < -0.4 is 10.2 Å². The van der Waals surface area contributed by atoms with E-state index in [0.717, 1.165) is 6.92 Å². The summed E-state index contributed by atoms with van der Waals surface area (Å²) in [5.41, 5.74) is -2.24. The van der Waals surface area contributed by atoms with Gasteiger partial charge in [0, 0.05) is 42.8 Å². The zero-order valence-corrected chi connectivity index (χ0v) is 20.0. The highest BCUT2D eigenvalue weighted by molar-refractivity contribution is 8.04. The Morgan fingerprint density at radius 1 is 1.24 bits per heavy atom. The molecule has 0 radical (unpaired) electrons. The van der Waals surface area contributed by atoms with Gasteiger partial charge in [0.25, 0.3) is 5.91 Å². The summed E-state index contributed by atoms with van der Waals surface area (Å²) < 4.78 is 80.6. The zero-order valence-electron chi connectivity index (χ0n) is 19.1. The van der Waals surface area contributed by atoms with E-state index in [4.69, 9.17) is 0 Å². The van der Waals surface area contributed by atoms with E-state index in [0.29, 0.717) is 0 Å². The predicted octanol–water partition coefficient (Wildman–Crippen LogP) is 4.48. The van der Waals surface area contributed by atoms with E-state index in [-0.39, 0.29) is 42.4 Å². The van der Waals surface area contributed by atoms with Gasteiger partial charge in [0.2, 0.25) is 5.92 Å². The quantitative estimate of drug-likeness (QED) is 0.350. The lowest BCUT2D eigenvalue weighted by molar-refractivity contribution is -0.142. The van der Waals surface area contributed by atoms with Crippen molar-refractivity contribution in [3.8, 4) is 0 Å². The Morgan fingerprint density at radius 2 is 1.88 bits per heavy atom. The summed E-state index contributed by atoms with van der Waals surface area (Å²) in [6.45, 7) is 9.78. The van der Waals surface area contributed by atoms with E-state index < -0.39 is 50.8 Å². The van der Waals surface area contributed by atoms with Crippen molar-refractivity contribution >= 4 is 26.6 Å². The minimum atomic E-state index is -4.88. The highest BCUT2D eigenvalue weighted by Gasteiger charge is 2.39. The lowest BCUT2D eigenvalue weighted by Crippen LogP contribution is -2.33. The van der Waals surface area contributed by atoms with Crippen LogP contribution in [0.25, 0.3) is 0 Å². The van der Waals surface area contributed by atoms with Crippen LogP contribution in [0.15, 0.2) is 35.9 Å². The molecule has 12 heteroatoms. The molecule has 2 rings (SSSR count). The summed E-state index contributed by atoms with van der Waals surface area (Å²) >= 11 is 0. The molecule has 0 bridgehead atoms. The molecule has 34 heavy (non-hydrogen) atoms. The summed E-state index contributed by atoms with van der Waals surface area (Å²) in [6, 6.07) is 0. The molecule has 1 N–H and O–H groups in total. The maximum absolute atomic E-state index is 13.8. The van der Waals surface area contributed by atoms with E-state index in [1.165, 1.54) is 28.7 Å². The lowest BCUT2D eigenvalue weighted by Gasteiger charge is -2.25. The SMILES string of the molecule is C=C/C(=C\C(=C)[S@@](C)(=O)=CC)NC(=O)c1c(N2CCCC(F)(F)CC2)nnc(C(F)(F)F)c1C. The van der Waals surface area contributed by atoms with Crippen molar-refractivity contribution in [2.75, 3.05) is 24.2 Å². The van der Waals surface area contributed by atoms with Gasteiger partial charge in [-0.25, -0.2) is 8.78 Å². The van der Waals surface area contributed by atoms with Crippen LogP contribution in [0, 0.1) is 6.92 Å². The fraction of sp³-hybridized carbons (Fsp3) is 0.455. The number of rotatable bonds is 6. The first kappa shape index (κ1) is 27.5. The highest BCUT2D eigenvalue weighted by atomic mass is 32.2. The number of halogens is 5. The van der Waals surface area contributed by atoms with E-state index in [9.17, 15) is 31.0 Å². The third-order valence-electron chi connectivity index (χ3n) is 5.48. The van der Waals surface area contributed by atoms with Crippen LogP contribution in [0.5, 0.6) is 0 Å². The third-order valence-corrected chi connectivity index (χ3v) is 7.53. The smallest absolute Gasteiger partial charge is 0.354 e. The number of carbonyl (C=O) groups is 1. The maximum atomic E-state index is 13.8. The largest absolute Gasteiger partial charge is 0.435 e. The molecular weight excluding hydrogens is 479 g/mol. The van der Waals surface area contributed by atoms with Crippen LogP contribution in [0.2, 0.25) is 0 Å². The van der Waals surface area contributed by atoms with E-state index in [1.54, 1.807) is 6.92 Å². The van der Waals surface area contributed by atoms with Crippen molar-refractivity contribution in [1.29, 1.82) is 0 Å². The average Bonchev–Trinajstić information content (AvgIpc) is 2.92. The minimum absolute atomic E-state index is 0.0459. The Bertz CT molecular complexity index is 1130. The van der Waals surface area contributed by atoms with E-state index in [2.05, 4.69) is 28.7 Å². The molecule has 0 aliphatic carbocycles. The Labute approximate surface area is 195 Å². The summed E-state index contributed by atoms with van der Waals surface area (Å²) in [6.07, 6.45) is -1.78. The molecular formula is C22H27F5N4O2S. The number of hydrogen-bond acceptors (Lipinski definition) is 5. The van der Waals surface area contributed by atoms with Crippen molar-refractivity contribution in [2.24, 2.45) is 0 Å². The first-order chi connectivity index (χ1) is 15.6. The number of aromatic nitrogens is 2. The van der Waals surface area contributed by atoms with Gasteiger partial charge in [-0.3, -0.25) is 9.00 Å². The van der Waals surface area contributed by atoms with Crippen LogP contribution >= 0.6 is 0 Å². The highest BCUT2D eigenvalue weighted by Crippen LogP contribution is 2.35. The van der Waals surface area contributed by atoms with Crippen LogP contribution in [0.1, 0.15) is 47.8 Å². The second-order valence-corrected chi connectivity index (χ2v) is 10.7. The van der Waals surface area contributed by atoms with Crippen LogP contribution in [-0.4, -0.2) is 50.9 Å². The molecule has 0 aromatic carbocycles. The molecule has 0 spiro atoms. The molecule has 188 valence electrons. The lowest BCUT2D eigenvalue weighted by atomic mass is 10.1. The second kappa shape index (κ2) is 10.2. The van der Waals surface area contributed by atoms with Crippen molar-refractivity contribution in [2.45, 2.75) is 45.2 Å². The van der Waals surface area contributed by atoms with Gasteiger partial charge >= 0.3 is 6.18 Å². The molecule has 1 aromatic rings. The molecule has 1 atom stereocenters. The molecule has 1 aromatic heterocycles. The topological polar surface area (TPSA) is 75.2 Å². The molecule has 0 saturated carbocycles. The van der Waals surface area contributed by atoms with Crippen molar-refractivity contribution in [3.05, 3.63) is 52.7 Å². The number of anilines is 1. The molecule has 1 saturated heterocycles. The fourth-order valence-electron chi connectivity index (χ4n) is 3.33. The van der Waals surface area contributed by atoms with Crippen molar-refractivity contribution < 1.29 is 31.0 Å². The Morgan fingerprint density at radius 3 is 2.44 bits per heavy atom. The third kappa shape index (κ3) is 6.43.